The SMILES string of the molecule is CCO[C@H]1C[C@@H](N(C)C(=O)c2csc(-c3ccccc3F)n2)C1(C)C. The number of hydrogen-bond acceptors (Lipinski definition) is 4. The largest absolute Gasteiger partial charge is 0.378 e. The van der Waals surface area contributed by atoms with Gasteiger partial charge in [0.25, 0.3) is 5.91 Å². The Morgan fingerprint density at radius 3 is 2.80 bits per heavy atom. The number of aromatic nitrogens is 1. The molecule has 0 N–H and O–H groups in total. The number of carbonyl (C=O) groups excluding carboxylic acids is 1. The fraction of sp³-hybridized carbons (Fsp3) is 0.474. The molecule has 0 unspecified atom stereocenters. The molecule has 1 heterocycles. The molecule has 0 radical (unpaired) electrons. The third-order valence-electron chi connectivity index (χ3n) is 5.11. The van der Waals surface area contributed by atoms with E-state index in [1.54, 1.807) is 35.5 Å². The maximum atomic E-state index is 13.9. The zero-order valence-electron chi connectivity index (χ0n) is 15.0. The number of hydrogen-bond donors (Lipinski definition) is 0. The summed E-state index contributed by atoms with van der Waals surface area (Å²) in [6.07, 6.45) is 0.995. The van der Waals surface area contributed by atoms with Crippen LogP contribution in [0.4, 0.5) is 4.39 Å². The van der Waals surface area contributed by atoms with Crippen molar-refractivity contribution >= 4 is 17.2 Å². The van der Waals surface area contributed by atoms with E-state index in [-0.39, 0.29) is 29.3 Å². The second kappa shape index (κ2) is 6.84. The number of carbonyl (C=O) groups is 1. The van der Waals surface area contributed by atoms with Gasteiger partial charge in [-0.2, -0.15) is 0 Å². The maximum Gasteiger partial charge on any atom is 0.273 e. The van der Waals surface area contributed by atoms with Gasteiger partial charge >= 0.3 is 0 Å². The van der Waals surface area contributed by atoms with E-state index in [1.165, 1.54) is 17.4 Å². The molecule has 0 bridgehead atoms. The summed E-state index contributed by atoms with van der Waals surface area (Å²) in [6.45, 7) is 6.91. The Hall–Kier alpha value is -1.79. The van der Waals surface area contributed by atoms with Crippen LogP contribution in [0.2, 0.25) is 0 Å². The molecule has 3 rings (SSSR count). The van der Waals surface area contributed by atoms with Crippen molar-refractivity contribution in [1.29, 1.82) is 0 Å². The molecule has 0 spiro atoms. The third-order valence-corrected chi connectivity index (χ3v) is 5.98. The van der Waals surface area contributed by atoms with E-state index < -0.39 is 0 Å². The number of rotatable bonds is 5. The van der Waals surface area contributed by atoms with Crippen LogP contribution >= 0.6 is 11.3 Å². The van der Waals surface area contributed by atoms with Gasteiger partial charge in [0.1, 0.15) is 16.5 Å². The molecule has 0 saturated heterocycles. The molecule has 6 heteroatoms. The standard InChI is InChI=1S/C19H23FN2O2S/c1-5-24-16-10-15(19(16,2)3)22(4)18(23)14-11-25-17(21-14)12-8-6-7-9-13(12)20/h6-9,11,15-16H,5,10H2,1-4H3/t15-,16+/m1/s1. The molecule has 2 atom stereocenters. The summed E-state index contributed by atoms with van der Waals surface area (Å²) >= 11 is 1.29. The smallest absolute Gasteiger partial charge is 0.273 e. The van der Waals surface area contributed by atoms with Crippen molar-refractivity contribution in [2.24, 2.45) is 5.41 Å². The minimum atomic E-state index is -0.330. The molecular weight excluding hydrogens is 339 g/mol. The molecule has 134 valence electrons. The van der Waals surface area contributed by atoms with Crippen molar-refractivity contribution in [3.8, 4) is 10.6 Å². The predicted molar refractivity (Wildman–Crippen MR) is 97.2 cm³/mol. The molecule has 1 aliphatic carbocycles. The summed E-state index contributed by atoms with van der Waals surface area (Å²) in [6, 6.07) is 6.58. The van der Waals surface area contributed by atoms with Gasteiger partial charge in [0.05, 0.1) is 6.10 Å². The number of benzene rings is 1. The van der Waals surface area contributed by atoms with Gasteiger partial charge < -0.3 is 9.64 Å². The molecule has 25 heavy (non-hydrogen) atoms. The number of amides is 1. The highest BCUT2D eigenvalue weighted by Crippen LogP contribution is 2.45. The number of thiazole rings is 1. The summed E-state index contributed by atoms with van der Waals surface area (Å²) in [5.41, 5.74) is 0.696. The van der Waals surface area contributed by atoms with Gasteiger partial charge in [0.2, 0.25) is 0 Å². The van der Waals surface area contributed by atoms with Crippen LogP contribution in [0.15, 0.2) is 29.6 Å². The van der Waals surface area contributed by atoms with E-state index >= 15 is 0 Å². The minimum absolute atomic E-state index is 0.0925. The number of ether oxygens (including phenoxy) is 1. The van der Waals surface area contributed by atoms with Crippen molar-refractivity contribution in [2.45, 2.75) is 39.3 Å². The van der Waals surface area contributed by atoms with E-state index in [0.29, 0.717) is 22.9 Å². The Labute approximate surface area is 151 Å². The number of nitrogens with zero attached hydrogens (tertiary/aromatic N) is 2. The van der Waals surface area contributed by atoms with Gasteiger partial charge in [-0.1, -0.05) is 26.0 Å². The quantitative estimate of drug-likeness (QED) is 0.800. The van der Waals surface area contributed by atoms with Crippen molar-refractivity contribution in [2.75, 3.05) is 13.7 Å². The van der Waals surface area contributed by atoms with Crippen molar-refractivity contribution < 1.29 is 13.9 Å². The van der Waals surface area contributed by atoms with Crippen molar-refractivity contribution in [3.05, 3.63) is 41.2 Å². The van der Waals surface area contributed by atoms with E-state index in [1.807, 2.05) is 6.92 Å². The Bertz CT molecular complexity index is 774. The average Bonchev–Trinajstić information content (AvgIpc) is 3.07. The lowest BCUT2D eigenvalue weighted by molar-refractivity contribution is -0.136. The van der Waals surface area contributed by atoms with Gasteiger partial charge in [-0.3, -0.25) is 4.79 Å². The summed E-state index contributed by atoms with van der Waals surface area (Å²) in [5, 5.41) is 2.22. The van der Waals surface area contributed by atoms with Gasteiger partial charge in [-0.15, -0.1) is 11.3 Å². The first kappa shape index (κ1) is 18.0. The van der Waals surface area contributed by atoms with Crippen LogP contribution in [0.1, 0.15) is 37.7 Å². The molecule has 1 fully saturated rings. The van der Waals surface area contributed by atoms with Crippen LogP contribution in [0.5, 0.6) is 0 Å². The lowest BCUT2D eigenvalue weighted by atomic mass is 9.63. The van der Waals surface area contributed by atoms with Crippen LogP contribution in [0, 0.1) is 11.2 Å². The zero-order valence-corrected chi connectivity index (χ0v) is 15.8. The molecule has 1 saturated carbocycles. The van der Waals surface area contributed by atoms with Crippen LogP contribution in [0.3, 0.4) is 0 Å². The lowest BCUT2D eigenvalue weighted by Gasteiger charge is -2.54. The molecule has 1 aromatic heterocycles. The molecule has 0 aliphatic heterocycles. The van der Waals surface area contributed by atoms with E-state index in [4.69, 9.17) is 4.74 Å². The normalized spacial score (nSPS) is 21.6. The van der Waals surface area contributed by atoms with Crippen LogP contribution in [-0.2, 0) is 4.74 Å². The minimum Gasteiger partial charge on any atom is -0.378 e. The highest BCUT2D eigenvalue weighted by molar-refractivity contribution is 7.13. The number of halogens is 1. The van der Waals surface area contributed by atoms with E-state index in [9.17, 15) is 9.18 Å². The highest BCUT2D eigenvalue weighted by atomic mass is 32.1. The predicted octanol–water partition coefficient (Wildman–Crippen LogP) is 4.22. The second-order valence-corrected chi connectivity index (χ2v) is 7.81. The molecule has 4 nitrogen and oxygen atoms in total. The molecular formula is C19H23FN2O2S. The van der Waals surface area contributed by atoms with Crippen LogP contribution < -0.4 is 0 Å². The summed E-state index contributed by atoms with van der Waals surface area (Å²) < 4.78 is 19.7. The van der Waals surface area contributed by atoms with Crippen LogP contribution in [0.25, 0.3) is 10.6 Å². The maximum absolute atomic E-state index is 13.9. The Morgan fingerprint density at radius 2 is 2.16 bits per heavy atom. The zero-order chi connectivity index (χ0) is 18.2. The summed E-state index contributed by atoms with van der Waals surface area (Å²) in [4.78, 5) is 18.9. The summed E-state index contributed by atoms with van der Waals surface area (Å²) in [5.74, 6) is -0.462. The summed E-state index contributed by atoms with van der Waals surface area (Å²) in [7, 11) is 1.80. The Kier molecular flexibility index (Phi) is 4.93. The molecule has 1 aromatic carbocycles. The van der Waals surface area contributed by atoms with Gasteiger partial charge in [0, 0.05) is 36.1 Å². The molecule has 1 aliphatic rings. The molecule has 2 aromatic rings. The third kappa shape index (κ3) is 3.20. The monoisotopic (exact) mass is 362 g/mol. The Balaban J connectivity index is 1.75. The Morgan fingerprint density at radius 1 is 1.44 bits per heavy atom. The van der Waals surface area contributed by atoms with Crippen molar-refractivity contribution in [1.82, 2.24) is 9.88 Å². The first-order chi connectivity index (χ1) is 11.9. The van der Waals surface area contributed by atoms with E-state index in [0.717, 1.165) is 6.42 Å². The highest BCUT2D eigenvalue weighted by Gasteiger charge is 2.52. The first-order valence-electron chi connectivity index (χ1n) is 8.45. The van der Waals surface area contributed by atoms with Gasteiger partial charge in [0.15, 0.2) is 0 Å². The average molecular weight is 362 g/mol. The second-order valence-electron chi connectivity index (χ2n) is 6.95. The van der Waals surface area contributed by atoms with E-state index in [2.05, 4.69) is 18.8 Å². The fourth-order valence-electron chi connectivity index (χ4n) is 3.46. The first-order valence-corrected chi connectivity index (χ1v) is 9.33. The fourth-order valence-corrected chi connectivity index (χ4v) is 4.28. The van der Waals surface area contributed by atoms with Gasteiger partial charge in [-0.05, 0) is 25.5 Å². The topological polar surface area (TPSA) is 42.4 Å². The molecule has 1 amide bonds. The van der Waals surface area contributed by atoms with Crippen LogP contribution in [-0.4, -0.2) is 41.6 Å². The van der Waals surface area contributed by atoms with Gasteiger partial charge in [-0.25, -0.2) is 9.37 Å². The van der Waals surface area contributed by atoms with Crippen molar-refractivity contribution in [3.63, 3.8) is 0 Å². The lowest BCUT2D eigenvalue weighted by Crippen LogP contribution is -2.62.